The first kappa shape index (κ1) is 15.8. The lowest BCUT2D eigenvalue weighted by Crippen LogP contribution is -2.33. The molecule has 0 spiro atoms. The number of cyclic esters (lactones) is 1. The van der Waals surface area contributed by atoms with Crippen molar-refractivity contribution in [3.05, 3.63) is 0 Å². The van der Waals surface area contributed by atoms with Crippen LogP contribution in [0, 0.1) is 34.0 Å². The van der Waals surface area contributed by atoms with Gasteiger partial charge >= 0.3 is 11.9 Å². The molecule has 21 heavy (non-hydrogen) atoms. The summed E-state index contributed by atoms with van der Waals surface area (Å²) in [6, 6.07) is 2.16. The summed E-state index contributed by atoms with van der Waals surface area (Å²) >= 11 is 0. The van der Waals surface area contributed by atoms with E-state index in [0.717, 1.165) is 6.42 Å². The largest absolute Gasteiger partial charge is 0.461 e. The number of carbonyl (C=O) groups is 2. The van der Waals surface area contributed by atoms with Crippen LogP contribution in [0.5, 0.6) is 0 Å². The van der Waals surface area contributed by atoms with Crippen LogP contribution in [-0.2, 0) is 19.1 Å². The summed E-state index contributed by atoms with van der Waals surface area (Å²) < 4.78 is 10.7. The molecule has 1 heterocycles. The van der Waals surface area contributed by atoms with E-state index in [-0.39, 0.29) is 18.5 Å². The summed E-state index contributed by atoms with van der Waals surface area (Å²) in [5.74, 6) is -0.591. The van der Waals surface area contributed by atoms with Crippen molar-refractivity contribution in [2.75, 3.05) is 6.61 Å². The van der Waals surface area contributed by atoms with Gasteiger partial charge in [-0.3, -0.25) is 9.59 Å². The summed E-state index contributed by atoms with van der Waals surface area (Å²) in [6.07, 6.45) is 1.49. The Balaban J connectivity index is 2.05. The lowest BCUT2D eigenvalue weighted by molar-refractivity contribution is -0.162. The second-order valence-electron chi connectivity index (χ2n) is 7.01. The van der Waals surface area contributed by atoms with E-state index in [4.69, 9.17) is 9.47 Å². The minimum absolute atomic E-state index is 0.0504. The summed E-state index contributed by atoms with van der Waals surface area (Å²) in [6.45, 7) is 7.67. The Kier molecular flexibility index (Phi) is 4.01. The fraction of sp³-hybridized carbons (Fsp3) is 0.812. The molecule has 4 unspecified atom stereocenters. The van der Waals surface area contributed by atoms with Gasteiger partial charge in [0.15, 0.2) is 5.41 Å². The molecular formula is C16H23NO4. The Bertz CT molecular complexity index is 493. The van der Waals surface area contributed by atoms with Crippen molar-refractivity contribution in [2.24, 2.45) is 22.7 Å². The van der Waals surface area contributed by atoms with Crippen LogP contribution in [-0.4, -0.2) is 24.6 Å². The van der Waals surface area contributed by atoms with E-state index >= 15 is 0 Å². The number of nitriles is 1. The fourth-order valence-corrected chi connectivity index (χ4v) is 3.27. The predicted molar refractivity (Wildman–Crippen MR) is 74.8 cm³/mol. The molecule has 5 nitrogen and oxygen atoms in total. The van der Waals surface area contributed by atoms with Crippen LogP contribution in [0.4, 0.5) is 0 Å². The fourth-order valence-electron chi connectivity index (χ4n) is 3.27. The van der Waals surface area contributed by atoms with E-state index in [9.17, 15) is 14.9 Å². The van der Waals surface area contributed by atoms with Gasteiger partial charge in [0, 0.05) is 5.92 Å². The van der Waals surface area contributed by atoms with Gasteiger partial charge in [-0.05, 0) is 39.0 Å². The zero-order chi connectivity index (χ0) is 15.8. The van der Waals surface area contributed by atoms with E-state index in [0.29, 0.717) is 18.8 Å². The topological polar surface area (TPSA) is 76.4 Å². The van der Waals surface area contributed by atoms with Gasteiger partial charge < -0.3 is 9.47 Å². The monoisotopic (exact) mass is 293 g/mol. The number of carbonyl (C=O) groups excluding carboxylic acids is 2. The highest BCUT2D eigenvalue weighted by molar-refractivity contribution is 5.83. The van der Waals surface area contributed by atoms with Crippen molar-refractivity contribution < 1.29 is 19.1 Å². The number of ether oxygens (including phenoxy) is 2. The smallest absolute Gasteiger partial charge is 0.327 e. The molecule has 0 aromatic rings. The Hall–Kier alpha value is -1.57. The van der Waals surface area contributed by atoms with E-state index in [1.165, 1.54) is 0 Å². The van der Waals surface area contributed by atoms with Gasteiger partial charge in [0.05, 0.1) is 11.5 Å². The average molecular weight is 293 g/mol. The lowest BCUT2D eigenvalue weighted by Gasteiger charge is -2.23. The van der Waals surface area contributed by atoms with Crippen molar-refractivity contribution in [3.8, 4) is 6.07 Å². The third-order valence-corrected chi connectivity index (χ3v) is 5.05. The Morgan fingerprint density at radius 1 is 1.57 bits per heavy atom. The molecule has 1 aliphatic carbocycles. The highest BCUT2D eigenvalue weighted by Crippen LogP contribution is 2.53. The van der Waals surface area contributed by atoms with Gasteiger partial charge in [-0.25, -0.2) is 0 Å². The van der Waals surface area contributed by atoms with Crippen molar-refractivity contribution in [1.29, 1.82) is 5.26 Å². The molecule has 2 rings (SSSR count). The van der Waals surface area contributed by atoms with Gasteiger partial charge in [-0.15, -0.1) is 0 Å². The van der Waals surface area contributed by atoms with Crippen LogP contribution >= 0.6 is 0 Å². The maximum absolute atomic E-state index is 12.1. The molecule has 0 bridgehead atoms. The first-order chi connectivity index (χ1) is 9.76. The van der Waals surface area contributed by atoms with E-state index in [1.54, 1.807) is 0 Å². The lowest BCUT2D eigenvalue weighted by atomic mass is 9.79. The Morgan fingerprint density at radius 2 is 2.24 bits per heavy atom. The molecule has 1 saturated heterocycles. The quantitative estimate of drug-likeness (QED) is 0.744. The Morgan fingerprint density at radius 3 is 2.81 bits per heavy atom. The highest BCUT2D eigenvalue weighted by atomic mass is 16.6. The maximum Gasteiger partial charge on any atom is 0.327 e. The number of hydrogen-bond donors (Lipinski definition) is 0. The minimum Gasteiger partial charge on any atom is -0.461 e. The molecule has 4 atom stereocenters. The third-order valence-electron chi connectivity index (χ3n) is 5.05. The molecule has 0 amide bonds. The van der Waals surface area contributed by atoms with Gasteiger partial charge in [0.25, 0.3) is 0 Å². The summed E-state index contributed by atoms with van der Waals surface area (Å²) in [5.41, 5.74) is -1.57. The van der Waals surface area contributed by atoms with E-state index < -0.39 is 22.9 Å². The van der Waals surface area contributed by atoms with E-state index in [1.807, 2.05) is 27.7 Å². The molecule has 116 valence electrons. The summed E-state index contributed by atoms with van der Waals surface area (Å²) in [5, 5.41) is 9.42. The third kappa shape index (κ3) is 2.52. The second kappa shape index (κ2) is 5.32. The van der Waals surface area contributed by atoms with Crippen molar-refractivity contribution in [1.82, 2.24) is 0 Å². The van der Waals surface area contributed by atoms with Crippen molar-refractivity contribution >= 4 is 11.9 Å². The molecule has 1 aliphatic heterocycles. The van der Waals surface area contributed by atoms with E-state index in [2.05, 4.69) is 6.07 Å². The van der Waals surface area contributed by atoms with Crippen LogP contribution in [0.25, 0.3) is 0 Å². The number of rotatable bonds is 4. The number of nitrogens with zero attached hydrogens (tertiary/aromatic N) is 1. The molecule has 0 aromatic heterocycles. The molecule has 2 aliphatic rings. The van der Waals surface area contributed by atoms with Gasteiger partial charge in [-0.2, -0.15) is 5.26 Å². The first-order valence-corrected chi connectivity index (χ1v) is 7.56. The zero-order valence-electron chi connectivity index (χ0n) is 13.1. The number of fused-ring (bicyclic) bond motifs is 1. The predicted octanol–water partition coefficient (Wildman–Crippen LogP) is 2.45. The summed E-state index contributed by atoms with van der Waals surface area (Å²) in [7, 11) is 0. The zero-order valence-corrected chi connectivity index (χ0v) is 13.1. The molecule has 5 heteroatoms. The van der Waals surface area contributed by atoms with Crippen LogP contribution in [0.3, 0.4) is 0 Å². The SMILES string of the molecule is CCC(C)(C)C(=O)OCC1OC(=O)C2(C#N)CC(C)CC12. The minimum atomic E-state index is -1.03. The first-order valence-electron chi connectivity index (χ1n) is 7.56. The van der Waals surface area contributed by atoms with Gasteiger partial charge in [0.1, 0.15) is 12.7 Å². The summed E-state index contributed by atoms with van der Waals surface area (Å²) in [4.78, 5) is 24.1. The molecular weight excluding hydrogens is 270 g/mol. The molecule has 0 aromatic carbocycles. The van der Waals surface area contributed by atoms with Crippen LogP contribution in [0.2, 0.25) is 0 Å². The molecule has 0 N–H and O–H groups in total. The van der Waals surface area contributed by atoms with Crippen LogP contribution in [0.1, 0.15) is 47.0 Å². The second-order valence-corrected chi connectivity index (χ2v) is 7.01. The van der Waals surface area contributed by atoms with Crippen LogP contribution in [0.15, 0.2) is 0 Å². The molecule has 1 saturated carbocycles. The normalized spacial score (nSPS) is 35.0. The molecule has 0 radical (unpaired) electrons. The molecule has 2 fully saturated rings. The number of hydrogen-bond acceptors (Lipinski definition) is 5. The standard InChI is InChI=1S/C16H23NO4/c1-5-15(3,4)13(18)20-8-12-11-6-10(2)7-16(11,9-17)14(19)21-12/h10-12H,5-8H2,1-4H3. The van der Waals surface area contributed by atoms with Crippen LogP contribution < -0.4 is 0 Å². The van der Waals surface area contributed by atoms with Gasteiger partial charge in [0.2, 0.25) is 0 Å². The Labute approximate surface area is 125 Å². The maximum atomic E-state index is 12.1. The highest BCUT2D eigenvalue weighted by Gasteiger charge is 2.62. The van der Waals surface area contributed by atoms with Crippen molar-refractivity contribution in [2.45, 2.75) is 53.1 Å². The van der Waals surface area contributed by atoms with Crippen molar-refractivity contribution in [3.63, 3.8) is 0 Å². The van der Waals surface area contributed by atoms with Gasteiger partial charge in [-0.1, -0.05) is 13.8 Å². The number of esters is 2. The average Bonchev–Trinajstić information content (AvgIpc) is 2.91.